The van der Waals surface area contributed by atoms with Crippen molar-refractivity contribution in [1.82, 2.24) is 4.90 Å². The standard InChI is InChI=1S/C11H23N/c1-4-10-7-5-6-8-11(10)9-12(2)3/h10-11H,4-9H2,1-3H3. The van der Waals surface area contributed by atoms with Crippen LogP contribution in [0.5, 0.6) is 0 Å². The van der Waals surface area contributed by atoms with Gasteiger partial charge in [-0.25, -0.2) is 0 Å². The molecule has 0 aromatic rings. The fourth-order valence-corrected chi connectivity index (χ4v) is 2.53. The van der Waals surface area contributed by atoms with Crippen molar-refractivity contribution in [2.75, 3.05) is 20.6 Å². The maximum absolute atomic E-state index is 2.35. The molecule has 0 bridgehead atoms. The minimum Gasteiger partial charge on any atom is -0.309 e. The van der Waals surface area contributed by atoms with E-state index in [1.165, 1.54) is 38.6 Å². The molecule has 0 radical (unpaired) electrons. The number of nitrogens with zero attached hydrogens (tertiary/aromatic N) is 1. The number of hydrogen-bond acceptors (Lipinski definition) is 1. The van der Waals surface area contributed by atoms with Gasteiger partial charge in [-0.3, -0.25) is 0 Å². The highest BCUT2D eigenvalue weighted by molar-refractivity contribution is 4.75. The van der Waals surface area contributed by atoms with E-state index in [2.05, 4.69) is 25.9 Å². The van der Waals surface area contributed by atoms with Crippen molar-refractivity contribution in [2.45, 2.75) is 39.0 Å². The Bertz CT molecular complexity index is 120. The Morgan fingerprint density at radius 1 is 1.08 bits per heavy atom. The van der Waals surface area contributed by atoms with Gasteiger partial charge in [0.15, 0.2) is 0 Å². The highest BCUT2D eigenvalue weighted by atomic mass is 15.1. The molecular formula is C11H23N. The molecule has 2 unspecified atom stereocenters. The monoisotopic (exact) mass is 169 g/mol. The first-order valence-corrected chi connectivity index (χ1v) is 5.38. The highest BCUT2D eigenvalue weighted by Crippen LogP contribution is 2.32. The van der Waals surface area contributed by atoms with Gasteiger partial charge in [0.2, 0.25) is 0 Å². The summed E-state index contributed by atoms with van der Waals surface area (Å²) in [5, 5.41) is 0. The van der Waals surface area contributed by atoms with Gasteiger partial charge in [0, 0.05) is 6.54 Å². The molecule has 0 N–H and O–H groups in total. The smallest absolute Gasteiger partial charge is 0.000620 e. The van der Waals surface area contributed by atoms with E-state index < -0.39 is 0 Å². The largest absolute Gasteiger partial charge is 0.309 e. The molecule has 1 rings (SSSR count). The first kappa shape index (κ1) is 10.0. The van der Waals surface area contributed by atoms with Gasteiger partial charge in [0.25, 0.3) is 0 Å². The van der Waals surface area contributed by atoms with Crippen molar-refractivity contribution in [3.63, 3.8) is 0 Å². The van der Waals surface area contributed by atoms with Crippen molar-refractivity contribution in [3.05, 3.63) is 0 Å². The van der Waals surface area contributed by atoms with Crippen LogP contribution in [0.1, 0.15) is 39.0 Å². The van der Waals surface area contributed by atoms with Gasteiger partial charge in [-0.2, -0.15) is 0 Å². The normalized spacial score (nSPS) is 31.0. The van der Waals surface area contributed by atoms with Gasteiger partial charge in [-0.15, -0.1) is 0 Å². The van der Waals surface area contributed by atoms with Crippen LogP contribution in [0.15, 0.2) is 0 Å². The molecule has 0 aromatic heterocycles. The van der Waals surface area contributed by atoms with E-state index >= 15 is 0 Å². The van der Waals surface area contributed by atoms with Crippen LogP contribution >= 0.6 is 0 Å². The lowest BCUT2D eigenvalue weighted by molar-refractivity contribution is 0.181. The molecule has 1 saturated carbocycles. The topological polar surface area (TPSA) is 3.24 Å². The maximum Gasteiger partial charge on any atom is 0.000620 e. The molecule has 1 nitrogen and oxygen atoms in total. The summed E-state index contributed by atoms with van der Waals surface area (Å²) in [5.41, 5.74) is 0. The molecule has 2 atom stereocenters. The van der Waals surface area contributed by atoms with Crippen LogP contribution in [-0.4, -0.2) is 25.5 Å². The minimum atomic E-state index is 0.985. The minimum absolute atomic E-state index is 0.985. The zero-order chi connectivity index (χ0) is 8.97. The van der Waals surface area contributed by atoms with Gasteiger partial charge >= 0.3 is 0 Å². The first-order valence-electron chi connectivity index (χ1n) is 5.38. The predicted octanol–water partition coefficient (Wildman–Crippen LogP) is 2.76. The van der Waals surface area contributed by atoms with Crippen LogP contribution < -0.4 is 0 Å². The Kier molecular flexibility index (Phi) is 4.07. The second-order valence-corrected chi connectivity index (χ2v) is 4.48. The Balaban J connectivity index is 2.36. The Labute approximate surface area is 77.1 Å². The third-order valence-corrected chi connectivity index (χ3v) is 3.19. The fraction of sp³-hybridized carbons (Fsp3) is 1.00. The lowest BCUT2D eigenvalue weighted by Gasteiger charge is -2.32. The van der Waals surface area contributed by atoms with E-state index in [-0.39, 0.29) is 0 Å². The molecule has 1 aliphatic rings. The van der Waals surface area contributed by atoms with E-state index in [9.17, 15) is 0 Å². The molecule has 1 heteroatoms. The van der Waals surface area contributed by atoms with E-state index in [1.807, 2.05) is 0 Å². The number of rotatable bonds is 3. The van der Waals surface area contributed by atoms with Crippen molar-refractivity contribution in [2.24, 2.45) is 11.8 Å². The van der Waals surface area contributed by atoms with E-state index in [4.69, 9.17) is 0 Å². The molecule has 0 aliphatic heterocycles. The Morgan fingerprint density at radius 3 is 2.17 bits per heavy atom. The van der Waals surface area contributed by atoms with Crippen LogP contribution in [0.2, 0.25) is 0 Å². The maximum atomic E-state index is 2.35. The molecule has 0 spiro atoms. The fourth-order valence-electron chi connectivity index (χ4n) is 2.53. The number of hydrogen-bond donors (Lipinski definition) is 0. The summed E-state index contributed by atoms with van der Waals surface area (Å²) in [7, 11) is 4.39. The summed E-state index contributed by atoms with van der Waals surface area (Å²) in [4.78, 5) is 2.35. The van der Waals surface area contributed by atoms with Crippen molar-refractivity contribution in [1.29, 1.82) is 0 Å². The predicted molar refractivity (Wildman–Crippen MR) is 54.3 cm³/mol. The van der Waals surface area contributed by atoms with Gasteiger partial charge in [-0.05, 0) is 32.4 Å². The Morgan fingerprint density at radius 2 is 1.67 bits per heavy atom. The molecule has 0 saturated heterocycles. The zero-order valence-electron chi connectivity index (χ0n) is 8.84. The third kappa shape index (κ3) is 2.78. The lowest BCUT2D eigenvalue weighted by atomic mass is 9.77. The zero-order valence-corrected chi connectivity index (χ0v) is 8.84. The van der Waals surface area contributed by atoms with Crippen molar-refractivity contribution >= 4 is 0 Å². The molecule has 12 heavy (non-hydrogen) atoms. The summed E-state index contributed by atoms with van der Waals surface area (Å²) in [6.07, 6.45) is 7.28. The average Bonchev–Trinajstić information content (AvgIpc) is 2.04. The molecule has 0 aromatic carbocycles. The Hall–Kier alpha value is -0.0400. The molecule has 1 fully saturated rings. The van der Waals surface area contributed by atoms with E-state index in [1.54, 1.807) is 0 Å². The quantitative estimate of drug-likeness (QED) is 0.628. The highest BCUT2D eigenvalue weighted by Gasteiger charge is 2.23. The summed E-state index contributed by atoms with van der Waals surface area (Å²) >= 11 is 0. The van der Waals surface area contributed by atoms with E-state index in [0.29, 0.717) is 0 Å². The summed E-state index contributed by atoms with van der Waals surface area (Å²) in [6, 6.07) is 0. The van der Waals surface area contributed by atoms with Crippen LogP contribution in [0.3, 0.4) is 0 Å². The molecule has 0 amide bonds. The third-order valence-electron chi connectivity index (χ3n) is 3.19. The van der Waals surface area contributed by atoms with Crippen LogP contribution in [0.4, 0.5) is 0 Å². The van der Waals surface area contributed by atoms with Gasteiger partial charge < -0.3 is 4.90 Å². The van der Waals surface area contributed by atoms with E-state index in [0.717, 1.165) is 11.8 Å². The first-order chi connectivity index (χ1) is 5.74. The second-order valence-electron chi connectivity index (χ2n) is 4.48. The van der Waals surface area contributed by atoms with Crippen LogP contribution in [0, 0.1) is 11.8 Å². The van der Waals surface area contributed by atoms with Crippen LogP contribution in [-0.2, 0) is 0 Å². The second kappa shape index (κ2) is 4.86. The van der Waals surface area contributed by atoms with Gasteiger partial charge in [0.05, 0.1) is 0 Å². The average molecular weight is 169 g/mol. The van der Waals surface area contributed by atoms with Gasteiger partial charge in [0.1, 0.15) is 0 Å². The van der Waals surface area contributed by atoms with Gasteiger partial charge in [-0.1, -0.05) is 32.6 Å². The van der Waals surface area contributed by atoms with Crippen LogP contribution in [0.25, 0.3) is 0 Å². The molecule has 0 heterocycles. The lowest BCUT2D eigenvalue weighted by Crippen LogP contribution is -2.29. The summed E-state index contributed by atoms with van der Waals surface area (Å²) in [6.45, 7) is 3.65. The van der Waals surface area contributed by atoms with Crippen molar-refractivity contribution < 1.29 is 0 Å². The summed E-state index contributed by atoms with van der Waals surface area (Å²) < 4.78 is 0. The SMILES string of the molecule is CCC1CCCCC1CN(C)C. The summed E-state index contributed by atoms with van der Waals surface area (Å²) in [5.74, 6) is 2.00. The molecule has 72 valence electrons. The van der Waals surface area contributed by atoms with Crippen molar-refractivity contribution in [3.8, 4) is 0 Å². The molecule has 1 aliphatic carbocycles. The molecular weight excluding hydrogens is 146 g/mol.